The fourth-order valence-electron chi connectivity index (χ4n) is 1.46. The molecular weight excluding hydrogens is 194 g/mol. The molecule has 5 heteroatoms. The van der Waals surface area contributed by atoms with Gasteiger partial charge in [-0.05, 0) is 13.3 Å². The Morgan fingerprint density at radius 2 is 2.53 bits per heavy atom. The number of aliphatic imine (C=N–C) groups is 1. The van der Waals surface area contributed by atoms with Crippen LogP contribution < -0.4 is 0 Å². The molecule has 0 aliphatic carbocycles. The summed E-state index contributed by atoms with van der Waals surface area (Å²) in [5.41, 5.74) is 0.887. The predicted molar refractivity (Wildman–Crippen MR) is 54.0 cm³/mol. The number of carbonyl (C=O) groups is 1. The van der Waals surface area contributed by atoms with Crippen molar-refractivity contribution in [2.24, 2.45) is 10.9 Å². The van der Waals surface area contributed by atoms with Gasteiger partial charge in [0.1, 0.15) is 6.33 Å². The minimum atomic E-state index is -0.302. The van der Waals surface area contributed by atoms with E-state index in [1.807, 2.05) is 0 Å². The monoisotopic (exact) mass is 205 g/mol. The molecule has 2 heterocycles. The van der Waals surface area contributed by atoms with Crippen LogP contribution in [0.3, 0.4) is 0 Å². The first kappa shape index (κ1) is 9.76. The van der Waals surface area contributed by atoms with Crippen molar-refractivity contribution in [3.63, 3.8) is 0 Å². The van der Waals surface area contributed by atoms with Crippen molar-refractivity contribution in [3.8, 4) is 0 Å². The lowest BCUT2D eigenvalue weighted by molar-refractivity contribution is -0.145. The van der Waals surface area contributed by atoms with Crippen molar-refractivity contribution < 1.29 is 9.53 Å². The second kappa shape index (κ2) is 4.16. The molecule has 1 aromatic rings. The molecule has 1 aliphatic rings. The molecule has 15 heavy (non-hydrogen) atoms. The van der Waals surface area contributed by atoms with Gasteiger partial charge in [0, 0.05) is 18.0 Å². The molecule has 0 radical (unpaired) electrons. The van der Waals surface area contributed by atoms with Gasteiger partial charge in [0.15, 0.2) is 5.82 Å². The van der Waals surface area contributed by atoms with Gasteiger partial charge in [-0.3, -0.25) is 4.79 Å². The highest BCUT2D eigenvalue weighted by Gasteiger charge is 2.23. The zero-order valence-corrected chi connectivity index (χ0v) is 8.38. The third kappa shape index (κ3) is 2.01. The third-order valence-corrected chi connectivity index (χ3v) is 2.17. The summed E-state index contributed by atoms with van der Waals surface area (Å²) in [7, 11) is 0. The Balaban J connectivity index is 2.15. The van der Waals surface area contributed by atoms with Gasteiger partial charge in [0.05, 0.1) is 12.5 Å². The van der Waals surface area contributed by atoms with Crippen molar-refractivity contribution in [1.29, 1.82) is 0 Å². The fraction of sp³-hybridized carbons (Fsp3) is 0.400. The highest BCUT2D eigenvalue weighted by Crippen LogP contribution is 2.22. The van der Waals surface area contributed by atoms with E-state index >= 15 is 0 Å². The summed E-state index contributed by atoms with van der Waals surface area (Å²) in [6, 6.07) is 0. The lowest BCUT2D eigenvalue weighted by Gasteiger charge is -2.15. The summed E-state index contributed by atoms with van der Waals surface area (Å²) >= 11 is 0. The zero-order valence-electron chi connectivity index (χ0n) is 8.38. The Bertz CT molecular complexity index is 403. The van der Waals surface area contributed by atoms with Gasteiger partial charge in [-0.2, -0.15) is 0 Å². The van der Waals surface area contributed by atoms with E-state index < -0.39 is 0 Å². The largest absolute Gasteiger partial charge is 0.465 e. The molecule has 0 saturated carbocycles. The maximum Gasteiger partial charge on any atom is 0.314 e. The Kier molecular flexibility index (Phi) is 2.71. The van der Waals surface area contributed by atoms with Crippen LogP contribution in [0, 0.1) is 5.92 Å². The van der Waals surface area contributed by atoms with E-state index in [9.17, 15) is 4.79 Å². The summed E-state index contributed by atoms with van der Waals surface area (Å²) in [6.45, 7) is 2.18. The van der Waals surface area contributed by atoms with Crippen LogP contribution in [0.4, 0.5) is 5.82 Å². The van der Waals surface area contributed by atoms with Crippen LogP contribution in [0.15, 0.2) is 17.5 Å². The van der Waals surface area contributed by atoms with Crippen LogP contribution in [0.25, 0.3) is 0 Å². The first-order valence-corrected chi connectivity index (χ1v) is 4.81. The van der Waals surface area contributed by atoms with Crippen molar-refractivity contribution >= 4 is 18.0 Å². The van der Waals surface area contributed by atoms with Gasteiger partial charge in [-0.15, -0.1) is 0 Å². The minimum Gasteiger partial charge on any atom is -0.465 e. The number of ether oxygens (including phenoxy) is 1. The summed E-state index contributed by atoms with van der Waals surface area (Å²) in [4.78, 5) is 23.5. The molecule has 1 unspecified atom stereocenters. The molecule has 1 aliphatic heterocycles. The Morgan fingerprint density at radius 1 is 1.67 bits per heavy atom. The van der Waals surface area contributed by atoms with Crippen LogP contribution in [0.5, 0.6) is 0 Å². The maximum atomic E-state index is 11.5. The van der Waals surface area contributed by atoms with E-state index in [0.29, 0.717) is 18.8 Å². The number of carbonyl (C=O) groups excluding carboxylic acids is 1. The molecule has 2 rings (SSSR count). The normalized spacial score (nSPS) is 18.3. The number of hydrogen-bond acceptors (Lipinski definition) is 5. The second-order valence-electron chi connectivity index (χ2n) is 3.21. The molecule has 0 N–H and O–H groups in total. The highest BCUT2D eigenvalue weighted by molar-refractivity contribution is 5.92. The SMILES string of the molecule is CCOC(=O)C1C=Nc2ncncc2C1. The molecule has 0 amide bonds. The standard InChI is InChI=1S/C10H11N3O2/c1-2-15-10(14)8-3-7-4-11-6-13-9(7)12-5-8/h4-6,8H,2-3H2,1H3. The van der Waals surface area contributed by atoms with Crippen molar-refractivity contribution in [1.82, 2.24) is 9.97 Å². The maximum absolute atomic E-state index is 11.5. The van der Waals surface area contributed by atoms with Crippen LogP contribution >= 0.6 is 0 Å². The topological polar surface area (TPSA) is 64.4 Å². The van der Waals surface area contributed by atoms with Crippen LogP contribution in [-0.4, -0.2) is 28.8 Å². The number of hydrogen-bond donors (Lipinski definition) is 0. The van der Waals surface area contributed by atoms with E-state index in [2.05, 4.69) is 15.0 Å². The fourth-order valence-corrected chi connectivity index (χ4v) is 1.46. The van der Waals surface area contributed by atoms with E-state index in [-0.39, 0.29) is 11.9 Å². The number of rotatable bonds is 2. The average Bonchev–Trinajstić information content (AvgIpc) is 2.29. The molecule has 0 fully saturated rings. The summed E-state index contributed by atoms with van der Waals surface area (Å²) in [6.07, 6.45) is 5.29. The average molecular weight is 205 g/mol. The van der Waals surface area contributed by atoms with Crippen molar-refractivity contribution in [2.45, 2.75) is 13.3 Å². The molecule has 5 nitrogen and oxygen atoms in total. The molecule has 0 saturated heterocycles. The van der Waals surface area contributed by atoms with Crippen LogP contribution in [0.2, 0.25) is 0 Å². The summed E-state index contributed by atoms with van der Waals surface area (Å²) in [5.74, 6) is 0.102. The van der Waals surface area contributed by atoms with E-state index in [4.69, 9.17) is 4.74 Å². The molecule has 78 valence electrons. The molecule has 1 atom stereocenters. The Morgan fingerprint density at radius 3 is 3.33 bits per heavy atom. The number of aromatic nitrogens is 2. The third-order valence-electron chi connectivity index (χ3n) is 2.17. The van der Waals surface area contributed by atoms with Gasteiger partial charge in [0.25, 0.3) is 0 Å². The number of esters is 1. The second-order valence-corrected chi connectivity index (χ2v) is 3.21. The van der Waals surface area contributed by atoms with Crippen LogP contribution in [0.1, 0.15) is 12.5 Å². The summed E-state index contributed by atoms with van der Waals surface area (Å²) < 4.78 is 4.93. The first-order chi connectivity index (χ1) is 7.31. The lowest BCUT2D eigenvalue weighted by atomic mass is 10.00. The van der Waals surface area contributed by atoms with E-state index in [1.165, 1.54) is 6.33 Å². The zero-order chi connectivity index (χ0) is 10.7. The number of fused-ring (bicyclic) bond motifs is 1. The van der Waals surface area contributed by atoms with Gasteiger partial charge >= 0.3 is 5.97 Å². The predicted octanol–water partition coefficient (Wildman–Crippen LogP) is 0.914. The summed E-state index contributed by atoms with van der Waals surface area (Å²) in [5, 5.41) is 0. The van der Waals surface area contributed by atoms with Gasteiger partial charge < -0.3 is 4.74 Å². The highest BCUT2D eigenvalue weighted by atomic mass is 16.5. The number of nitrogens with zero attached hydrogens (tertiary/aromatic N) is 3. The smallest absolute Gasteiger partial charge is 0.314 e. The molecule has 0 spiro atoms. The molecular formula is C10H11N3O2. The minimum absolute atomic E-state index is 0.240. The van der Waals surface area contributed by atoms with Crippen LogP contribution in [-0.2, 0) is 16.0 Å². The molecule has 0 bridgehead atoms. The van der Waals surface area contributed by atoms with E-state index in [1.54, 1.807) is 19.3 Å². The van der Waals surface area contributed by atoms with E-state index in [0.717, 1.165) is 5.56 Å². The van der Waals surface area contributed by atoms with Gasteiger partial charge in [0.2, 0.25) is 0 Å². The first-order valence-electron chi connectivity index (χ1n) is 4.81. The molecule has 1 aromatic heterocycles. The Labute approximate surface area is 87.2 Å². The van der Waals surface area contributed by atoms with Gasteiger partial charge in [-0.1, -0.05) is 0 Å². The van der Waals surface area contributed by atoms with Crippen molar-refractivity contribution in [2.75, 3.05) is 6.61 Å². The Hall–Kier alpha value is -1.78. The lowest BCUT2D eigenvalue weighted by Crippen LogP contribution is -2.23. The quantitative estimate of drug-likeness (QED) is 0.673. The van der Waals surface area contributed by atoms with Gasteiger partial charge in [-0.25, -0.2) is 15.0 Å². The molecule has 0 aromatic carbocycles. The van der Waals surface area contributed by atoms with Crippen molar-refractivity contribution in [3.05, 3.63) is 18.1 Å².